The van der Waals surface area contributed by atoms with Crippen LogP contribution in [0.1, 0.15) is 49.1 Å². The minimum absolute atomic E-state index is 0.146. The Morgan fingerprint density at radius 1 is 1.14 bits per heavy atom. The minimum atomic E-state index is 0.146. The van der Waals surface area contributed by atoms with E-state index in [9.17, 15) is 0 Å². The third kappa shape index (κ3) is 3.11. The maximum absolute atomic E-state index is 5.09. The van der Waals surface area contributed by atoms with Crippen LogP contribution in [0.2, 0.25) is 0 Å². The molecular weight excluding hydrogens is 348 g/mol. The van der Waals surface area contributed by atoms with Crippen LogP contribution < -0.4 is 0 Å². The van der Waals surface area contributed by atoms with Crippen molar-refractivity contribution in [3.63, 3.8) is 0 Å². The normalized spacial score (nSPS) is 21.9. The Hall–Kier alpha value is -2.60. The summed E-state index contributed by atoms with van der Waals surface area (Å²) >= 11 is 0. The number of benzene rings is 1. The maximum Gasteiger partial charge on any atom is 0.159 e. The lowest BCUT2D eigenvalue weighted by Gasteiger charge is -2.40. The second-order valence-corrected chi connectivity index (χ2v) is 8.08. The van der Waals surface area contributed by atoms with Crippen molar-refractivity contribution in [1.82, 2.24) is 30.0 Å². The maximum atomic E-state index is 5.09. The Morgan fingerprint density at radius 2 is 2.04 bits per heavy atom. The van der Waals surface area contributed by atoms with Crippen LogP contribution in [0.3, 0.4) is 0 Å². The van der Waals surface area contributed by atoms with E-state index in [4.69, 9.17) is 4.98 Å². The van der Waals surface area contributed by atoms with Crippen LogP contribution in [0.25, 0.3) is 11.4 Å². The molecule has 1 saturated heterocycles. The first-order chi connectivity index (χ1) is 13.8. The Kier molecular flexibility index (Phi) is 4.43. The lowest BCUT2D eigenvalue weighted by atomic mass is 9.77. The number of aromatic amines is 1. The Labute approximate surface area is 165 Å². The van der Waals surface area contributed by atoms with Gasteiger partial charge in [0.1, 0.15) is 11.6 Å². The van der Waals surface area contributed by atoms with Crippen molar-refractivity contribution in [3.8, 4) is 11.4 Å². The number of rotatable bonds is 4. The molecule has 0 saturated carbocycles. The van der Waals surface area contributed by atoms with E-state index in [-0.39, 0.29) is 5.41 Å². The van der Waals surface area contributed by atoms with Gasteiger partial charge in [-0.05, 0) is 37.8 Å². The molecule has 5 rings (SSSR count). The average molecular weight is 374 g/mol. The van der Waals surface area contributed by atoms with Gasteiger partial charge in [-0.1, -0.05) is 37.3 Å². The third-order valence-electron chi connectivity index (χ3n) is 6.20. The van der Waals surface area contributed by atoms with Gasteiger partial charge >= 0.3 is 0 Å². The number of nitrogens with one attached hydrogen (secondary N) is 1. The van der Waals surface area contributed by atoms with Crippen LogP contribution in [0.4, 0.5) is 0 Å². The second kappa shape index (κ2) is 7.09. The van der Waals surface area contributed by atoms with Crippen molar-refractivity contribution in [3.05, 3.63) is 59.4 Å². The highest BCUT2D eigenvalue weighted by Gasteiger charge is 2.43. The molecule has 1 aliphatic carbocycles. The summed E-state index contributed by atoms with van der Waals surface area (Å²) in [6.07, 6.45) is 7.58. The fraction of sp³-hybridized carbons (Fsp3) is 0.455. The first-order valence-electron chi connectivity index (χ1n) is 10.3. The van der Waals surface area contributed by atoms with Crippen LogP contribution in [-0.4, -0.2) is 43.1 Å². The molecule has 3 heterocycles. The topological polar surface area (TPSA) is 70.6 Å². The molecule has 1 N–H and O–H groups in total. The summed E-state index contributed by atoms with van der Waals surface area (Å²) in [5, 5.41) is 7.39. The zero-order chi connectivity index (χ0) is 19.0. The fourth-order valence-electron chi connectivity index (χ4n) is 4.80. The highest BCUT2D eigenvalue weighted by atomic mass is 15.3. The molecule has 2 aromatic heterocycles. The molecule has 6 heteroatoms. The number of aromatic nitrogens is 5. The molecule has 6 nitrogen and oxygen atoms in total. The van der Waals surface area contributed by atoms with Crippen molar-refractivity contribution >= 4 is 0 Å². The second-order valence-electron chi connectivity index (χ2n) is 8.08. The zero-order valence-electron chi connectivity index (χ0n) is 16.4. The third-order valence-corrected chi connectivity index (χ3v) is 6.20. The molecule has 1 atom stereocenters. The van der Waals surface area contributed by atoms with Gasteiger partial charge in [-0.3, -0.25) is 10.00 Å². The number of nitrogens with zero attached hydrogens (tertiary/aromatic N) is 5. The average Bonchev–Trinajstić information content (AvgIpc) is 3.34. The first-order valence-corrected chi connectivity index (χ1v) is 10.3. The predicted octanol–water partition coefficient (Wildman–Crippen LogP) is 3.30. The lowest BCUT2D eigenvalue weighted by molar-refractivity contribution is 0.134. The van der Waals surface area contributed by atoms with Crippen LogP contribution in [0.5, 0.6) is 0 Å². The summed E-state index contributed by atoms with van der Waals surface area (Å²) < 4.78 is 0. The highest BCUT2D eigenvalue weighted by Crippen LogP contribution is 2.44. The summed E-state index contributed by atoms with van der Waals surface area (Å²) in [5.74, 6) is 2.72. The number of likely N-dealkylation sites (tertiary alicyclic amines) is 1. The van der Waals surface area contributed by atoms with Crippen molar-refractivity contribution in [2.45, 2.75) is 51.0 Å². The summed E-state index contributed by atoms with van der Waals surface area (Å²) in [6, 6.07) is 10.3. The van der Waals surface area contributed by atoms with Gasteiger partial charge in [0.15, 0.2) is 5.82 Å². The van der Waals surface area contributed by atoms with E-state index < -0.39 is 0 Å². The number of hydrogen-bond acceptors (Lipinski definition) is 5. The van der Waals surface area contributed by atoms with Crippen molar-refractivity contribution in [2.75, 3.05) is 13.1 Å². The molecule has 144 valence electrons. The first kappa shape index (κ1) is 17.5. The molecule has 1 unspecified atom stereocenters. The number of piperidine rings is 1. The quantitative estimate of drug-likeness (QED) is 0.759. The molecular formula is C22H26N6. The van der Waals surface area contributed by atoms with Crippen LogP contribution in [0.15, 0.2) is 36.5 Å². The van der Waals surface area contributed by atoms with E-state index in [0.717, 1.165) is 55.5 Å². The van der Waals surface area contributed by atoms with Gasteiger partial charge in [0.2, 0.25) is 0 Å². The van der Waals surface area contributed by atoms with Crippen molar-refractivity contribution in [1.29, 1.82) is 0 Å². The smallest absolute Gasteiger partial charge is 0.159 e. The number of fused-ring (bicyclic) bond motifs is 2. The SMILES string of the molecule is CCc1n[nH]c(CN2CCCC3(CCc4cnc(-c5ccccc5)nc43)C2)n1. The van der Waals surface area contributed by atoms with E-state index >= 15 is 0 Å². The summed E-state index contributed by atoms with van der Waals surface area (Å²) in [7, 11) is 0. The molecule has 1 aromatic carbocycles. The zero-order valence-corrected chi connectivity index (χ0v) is 16.4. The molecule has 3 aromatic rings. The molecule has 0 amide bonds. The number of H-pyrrole nitrogens is 1. The van der Waals surface area contributed by atoms with Gasteiger partial charge in [0, 0.05) is 30.1 Å². The molecule has 0 radical (unpaired) electrons. The summed E-state index contributed by atoms with van der Waals surface area (Å²) in [4.78, 5) is 16.9. The van der Waals surface area contributed by atoms with Crippen molar-refractivity contribution in [2.24, 2.45) is 0 Å². The standard InChI is InChI=1S/C22H26N6/c1-2-18-24-19(27-26-18)14-28-12-6-10-22(15-28)11-9-17-13-23-21(25-20(17)22)16-7-4-3-5-8-16/h3-5,7-8,13H,2,6,9-12,14-15H2,1H3,(H,24,26,27). The monoisotopic (exact) mass is 374 g/mol. The molecule has 1 spiro atoms. The Balaban J connectivity index is 1.41. The fourth-order valence-corrected chi connectivity index (χ4v) is 4.80. The Morgan fingerprint density at radius 3 is 2.86 bits per heavy atom. The molecule has 1 aliphatic heterocycles. The molecule has 0 bridgehead atoms. The van der Waals surface area contributed by atoms with Gasteiger partial charge in [0.05, 0.1) is 12.2 Å². The van der Waals surface area contributed by atoms with E-state index in [2.05, 4.69) is 50.3 Å². The largest absolute Gasteiger partial charge is 0.295 e. The van der Waals surface area contributed by atoms with E-state index in [0.29, 0.717) is 0 Å². The summed E-state index contributed by atoms with van der Waals surface area (Å²) in [6.45, 7) is 5.06. The van der Waals surface area contributed by atoms with E-state index in [1.807, 2.05) is 18.2 Å². The predicted molar refractivity (Wildman–Crippen MR) is 108 cm³/mol. The molecule has 28 heavy (non-hydrogen) atoms. The van der Waals surface area contributed by atoms with E-state index in [1.165, 1.54) is 30.5 Å². The minimum Gasteiger partial charge on any atom is -0.295 e. The van der Waals surface area contributed by atoms with Gasteiger partial charge in [-0.2, -0.15) is 5.10 Å². The molecule has 1 fully saturated rings. The number of aryl methyl sites for hydroxylation is 2. The number of hydrogen-bond donors (Lipinski definition) is 1. The Bertz CT molecular complexity index is 962. The van der Waals surface area contributed by atoms with Gasteiger partial charge in [-0.25, -0.2) is 15.0 Å². The van der Waals surface area contributed by atoms with Gasteiger partial charge in [-0.15, -0.1) is 0 Å². The van der Waals surface area contributed by atoms with Crippen LogP contribution >= 0.6 is 0 Å². The van der Waals surface area contributed by atoms with Gasteiger partial charge < -0.3 is 0 Å². The van der Waals surface area contributed by atoms with Crippen LogP contribution in [-0.2, 0) is 24.8 Å². The summed E-state index contributed by atoms with van der Waals surface area (Å²) in [5.41, 5.74) is 3.84. The molecule has 2 aliphatic rings. The van der Waals surface area contributed by atoms with Crippen LogP contribution in [0, 0.1) is 0 Å². The highest BCUT2D eigenvalue weighted by molar-refractivity contribution is 5.55. The lowest BCUT2D eigenvalue weighted by Crippen LogP contribution is -2.45. The van der Waals surface area contributed by atoms with Gasteiger partial charge in [0.25, 0.3) is 0 Å². The van der Waals surface area contributed by atoms with E-state index in [1.54, 1.807) is 0 Å². The van der Waals surface area contributed by atoms with Crippen molar-refractivity contribution < 1.29 is 0 Å².